The normalized spacial score (nSPS) is 21.5. The number of carbonyl (C=O) groups excluding carboxylic acids is 1. The number of amides is 1. The molecule has 1 aliphatic carbocycles. The van der Waals surface area contributed by atoms with Crippen molar-refractivity contribution >= 4 is 21.8 Å². The van der Waals surface area contributed by atoms with E-state index in [1.54, 1.807) is 6.07 Å². The lowest BCUT2D eigenvalue weighted by atomic mass is 9.68. The fourth-order valence-corrected chi connectivity index (χ4v) is 4.23. The summed E-state index contributed by atoms with van der Waals surface area (Å²) in [4.78, 5) is 14.5. The van der Waals surface area contributed by atoms with Gasteiger partial charge in [0, 0.05) is 17.6 Å². The molecule has 0 bridgehead atoms. The fourth-order valence-electron chi connectivity index (χ4n) is 3.82. The van der Waals surface area contributed by atoms with Crippen LogP contribution in [0.3, 0.4) is 0 Å². The Balaban J connectivity index is 1.69. The van der Waals surface area contributed by atoms with Crippen molar-refractivity contribution in [3.8, 4) is 0 Å². The van der Waals surface area contributed by atoms with E-state index in [9.17, 15) is 9.18 Å². The first kappa shape index (κ1) is 15.0. The SMILES string of the molecule is O=C(c1cc(F)ccc1Br)N1CCC2(CCCCC2)CC1. The number of piperidine rings is 1. The van der Waals surface area contributed by atoms with Gasteiger partial charge in [-0.3, -0.25) is 4.79 Å². The summed E-state index contributed by atoms with van der Waals surface area (Å²) in [6.45, 7) is 1.61. The van der Waals surface area contributed by atoms with Gasteiger partial charge in [0.2, 0.25) is 0 Å². The van der Waals surface area contributed by atoms with E-state index in [-0.39, 0.29) is 11.7 Å². The van der Waals surface area contributed by atoms with Crippen molar-refractivity contribution in [2.45, 2.75) is 44.9 Å². The highest BCUT2D eigenvalue weighted by Gasteiger charge is 2.37. The van der Waals surface area contributed by atoms with Gasteiger partial charge in [0.1, 0.15) is 5.82 Å². The zero-order valence-electron chi connectivity index (χ0n) is 12.2. The van der Waals surface area contributed by atoms with Crippen molar-refractivity contribution in [3.05, 3.63) is 34.1 Å². The average molecular weight is 354 g/mol. The highest BCUT2D eigenvalue weighted by molar-refractivity contribution is 9.10. The van der Waals surface area contributed by atoms with E-state index in [1.165, 1.54) is 44.2 Å². The van der Waals surface area contributed by atoms with E-state index in [0.717, 1.165) is 25.9 Å². The minimum atomic E-state index is -0.359. The number of rotatable bonds is 1. The van der Waals surface area contributed by atoms with E-state index in [0.29, 0.717) is 15.5 Å². The highest BCUT2D eigenvalue weighted by atomic mass is 79.9. The number of carbonyl (C=O) groups is 1. The lowest BCUT2D eigenvalue weighted by Gasteiger charge is -2.44. The van der Waals surface area contributed by atoms with Crippen molar-refractivity contribution in [1.82, 2.24) is 4.90 Å². The minimum Gasteiger partial charge on any atom is -0.339 e. The van der Waals surface area contributed by atoms with Crippen molar-refractivity contribution in [1.29, 1.82) is 0 Å². The second-order valence-electron chi connectivity index (χ2n) is 6.48. The van der Waals surface area contributed by atoms with Crippen LogP contribution in [0, 0.1) is 11.2 Å². The Labute approximate surface area is 133 Å². The summed E-state index contributed by atoms with van der Waals surface area (Å²) in [5, 5.41) is 0. The summed E-state index contributed by atoms with van der Waals surface area (Å²) >= 11 is 3.35. The van der Waals surface area contributed by atoms with Crippen LogP contribution in [0.15, 0.2) is 22.7 Å². The van der Waals surface area contributed by atoms with Gasteiger partial charge in [0.05, 0.1) is 5.56 Å². The Morgan fingerprint density at radius 2 is 1.76 bits per heavy atom. The number of nitrogens with zero attached hydrogens (tertiary/aromatic N) is 1. The van der Waals surface area contributed by atoms with Gasteiger partial charge in [-0.05, 0) is 65.2 Å². The smallest absolute Gasteiger partial charge is 0.255 e. The van der Waals surface area contributed by atoms with Gasteiger partial charge in [-0.2, -0.15) is 0 Å². The van der Waals surface area contributed by atoms with Crippen LogP contribution >= 0.6 is 15.9 Å². The molecule has 114 valence electrons. The Hall–Kier alpha value is -0.900. The third-order valence-electron chi connectivity index (χ3n) is 5.18. The van der Waals surface area contributed by atoms with Crippen LogP contribution in [0.1, 0.15) is 55.3 Å². The molecule has 0 radical (unpaired) electrons. The number of likely N-dealkylation sites (tertiary alicyclic amines) is 1. The second kappa shape index (κ2) is 6.07. The number of hydrogen-bond acceptors (Lipinski definition) is 1. The quantitative estimate of drug-likeness (QED) is 0.711. The van der Waals surface area contributed by atoms with E-state index in [2.05, 4.69) is 15.9 Å². The standard InChI is InChI=1S/C17H21BrFNO/c18-15-5-4-13(19)12-14(15)16(21)20-10-8-17(9-11-20)6-2-1-3-7-17/h4-5,12H,1-3,6-11H2. The molecule has 1 spiro atoms. The minimum absolute atomic E-state index is 0.0490. The molecule has 4 heteroatoms. The van der Waals surface area contributed by atoms with Gasteiger partial charge in [-0.1, -0.05) is 19.3 Å². The predicted octanol–water partition coefficient (Wildman–Crippen LogP) is 4.77. The first-order chi connectivity index (χ1) is 10.1. The summed E-state index contributed by atoms with van der Waals surface area (Å²) in [5.41, 5.74) is 0.920. The topological polar surface area (TPSA) is 20.3 Å². The Kier molecular flexibility index (Phi) is 4.34. The molecule has 0 unspecified atom stereocenters. The van der Waals surface area contributed by atoms with Gasteiger partial charge in [0.25, 0.3) is 5.91 Å². The van der Waals surface area contributed by atoms with Crippen molar-refractivity contribution < 1.29 is 9.18 Å². The van der Waals surface area contributed by atoms with E-state index >= 15 is 0 Å². The molecule has 1 amide bonds. The summed E-state index contributed by atoms with van der Waals surface area (Å²) in [6, 6.07) is 4.31. The maximum absolute atomic E-state index is 13.4. The lowest BCUT2D eigenvalue weighted by Crippen LogP contribution is -2.44. The Morgan fingerprint density at radius 3 is 2.43 bits per heavy atom. The third kappa shape index (κ3) is 3.15. The molecule has 1 aromatic carbocycles. The maximum Gasteiger partial charge on any atom is 0.255 e. The van der Waals surface area contributed by atoms with Crippen LogP contribution < -0.4 is 0 Å². The van der Waals surface area contributed by atoms with Gasteiger partial charge < -0.3 is 4.90 Å². The van der Waals surface area contributed by atoms with Gasteiger partial charge >= 0.3 is 0 Å². The Bertz CT molecular complexity index is 530. The summed E-state index contributed by atoms with van der Waals surface area (Å²) in [7, 11) is 0. The van der Waals surface area contributed by atoms with Crippen molar-refractivity contribution in [3.63, 3.8) is 0 Å². The first-order valence-electron chi connectivity index (χ1n) is 7.84. The van der Waals surface area contributed by atoms with Crippen LogP contribution in [0.4, 0.5) is 4.39 Å². The molecule has 1 aromatic rings. The molecule has 0 aromatic heterocycles. The predicted molar refractivity (Wildman–Crippen MR) is 84.8 cm³/mol. The molecule has 2 fully saturated rings. The summed E-state index contributed by atoms with van der Waals surface area (Å²) < 4.78 is 14.0. The van der Waals surface area contributed by atoms with Crippen LogP contribution in [-0.4, -0.2) is 23.9 Å². The van der Waals surface area contributed by atoms with Crippen LogP contribution in [0.25, 0.3) is 0 Å². The molecule has 2 nitrogen and oxygen atoms in total. The maximum atomic E-state index is 13.4. The third-order valence-corrected chi connectivity index (χ3v) is 5.88. The van der Waals surface area contributed by atoms with Gasteiger partial charge in [0.15, 0.2) is 0 Å². The monoisotopic (exact) mass is 353 g/mol. The highest BCUT2D eigenvalue weighted by Crippen LogP contribution is 2.44. The lowest BCUT2D eigenvalue weighted by molar-refractivity contribution is 0.0471. The molecule has 1 saturated heterocycles. The Morgan fingerprint density at radius 1 is 1.10 bits per heavy atom. The van der Waals surface area contributed by atoms with Crippen molar-refractivity contribution in [2.75, 3.05) is 13.1 Å². The van der Waals surface area contributed by atoms with E-state index in [4.69, 9.17) is 0 Å². The molecule has 0 N–H and O–H groups in total. The van der Waals surface area contributed by atoms with E-state index in [1.807, 2.05) is 4.90 Å². The molecule has 1 aliphatic heterocycles. The zero-order valence-corrected chi connectivity index (χ0v) is 13.8. The molecule has 1 saturated carbocycles. The molecule has 21 heavy (non-hydrogen) atoms. The molecule has 2 aliphatic rings. The zero-order chi connectivity index (χ0) is 14.9. The van der Waals surface area contributed by atoms with Gasteiger partial charge in [-0.15, -0.1) is 0 Å². The number of halogens is 2. The second-order valence-corrected chi connectivity index (χ2v) is 7.33. The van der Waals surface area contributed by atoms with Crippen LogP contribution in [-0.2, 0) is 0 Å². The average Bonchev–Trinajstić information content (AvgIpc) is 2.51. The van der Waals surface area contributed by atoms with Crippen LogP contribution in [0.5, 0.6) is 0 Å². The summed E-state index contributed by atoms with van der Waals surface area (Å²) in [6.07, 6.45) is 8.88. The fraction of sp³-hybridized carbons (Fsp3) is 0.588. The molecule has 3 rings (SSSR count). The van der Waals surface area contributed by atoms with Crippen LogP contribution in [0.2, 0.25) is 0 Å². The number of benzene rings is 1. The molecule has 0 atom stereocenters. The molecular formula is C17H21BrFNO. The summed E-state index contributed by atoms with van der Waals surface area (Å²) in [5.74, 6) is -0.408. The van der Waals surface area contributed by atoms with Crippen molar-refractivity contribution in [2.24, 2.45) is 5.41 Å². The van der Waals surface area contributed by atoms with E-state index < -0.39 is 0 Å². The van der Waals surface area contributed by atoms with Gasteiger partial charge in [-0.25, -0.2) is 4.39 Å². The number of hydrogen-bond donors (Lipinski definition) is 0. The molecular weight excluding hydrogens is 333 g/mol. The molecule has 1 heterocycles. The first-order valence-corrected chi connectivity index (χ1v) is 8.63. The largest absolute Gasteiger partial charge is 0.339 e.